The smallest absolute Gasteiger partial charge is 0.334 e. The molecule has 0 aliphatic carbocycles. The highest BCUT2D eigenvalue weighted by molar-refractivity contribution is 7.17. The molecule has 8 heteroatoms. The van der Waals surface area contributed by atoms with Gasteiger partial charge in [-0.3, -0.25) is 9.48 Å². The van der Waals surface area contributed by atoms with Crippen molar-refractivity contribution < 1.29 is 18.0 Å². The van der Waals surface area contributed by atoms with Crippen LogP contribution in [0.3, 0.4) is 0 Å². The van der Waals surface area contributed by atoms with Gasteiger partial charge in [0.25, 0.3) is 5.91 Å². The zero-order chi connectivity index (χ0) is 21.0. The van der Waals surface area contributed by atoms with Crippen molar-refractivity contribution in [3.05, 3.63) is 64.7 Å². The zero-order valence-electron chi connectivity index (χ0n) is 16.2. The maximum atomic E-state index is 13.1. The van der Waals surface area contributed by atoms with Crippen molar-refractivity contribution in [2.24, 2.45) is 7.05 Å². The van der Waals surface area contributed by atoms with Gasteiger partial charge in [0.05, 0.1) is 9.75 Å². The van der Waals surface area contributed by atoms with E-state index in [0.717, 1.165) is 40.5 Å². The molecule has 0 atom stereocenters. The van der Waals surface area contributed by atoms with Crippen molar-refractivity contribution in [1.82, 2.24) is 14.7 Å². The van der Waals surface area contributed by atoms with Gasteiger partial charge in [-0.05, 0) is 30.2 Å². The van der Waals surface area contributed by atoms with Crippen LogP contribution in [-0.4, -0.2) is 27.1 Å². The van der Waals surface area contributed by atoms with Gasteiger partial charge in [-0.25, -0.2) is 0 Å². The second kappa shape index (κ2) is 8.82. The molecule has 0 radical (unpaired) electrons. The third-order valence-corrected chi connectivity index (χ3v) is 5.62. The summed E-state index contributed by atoms with van der Waals surface area (Å²) in [5, 5.41) is 3.96. The number of nitrogens with zero attached hydrogens (tertiary/aromatic N) is 3. The third-order valence-electron chi connectivity index (χ3n) is 4.52. The Balaban J connectivity index is 1.82. The Morgan fingerprint density at radius 2 is 1.90 bits per heavy atom. The summed E-state index contributed by atoms with van der Waals surface area (Å²) in [4.78, 5) is 15.9. The molecular formula is C21H22F3N3OS. The van der Waals surface area contributed by atoms with Gasteiger partial charge >= 0.3 is 6.18 Å². The van der Waals surface area contributed by atoms with E-state index in [1.165, 1.54) is 7.05 Å². The number of carbonyl (C=O) groups is 1. The highest BCUT2D eigenvalue weighted by Gasteiger charge is 2.35. The van der Waals surface area contributed by atoms with Crippen molar-refractivity contribution >= 4 is 17.2 Å². The SMILES string of the molecule is CCCCN(Cc1ccccc1)C(=O)c1ccc(-c2cc(C(F)(F)F)n(C)n2)s1. The van der Waals surface area contributed by atoms with Gasteiger partial charge in [0, 0.05) is 20.1 Å². The molecular weight excluding hydrogens is 399 g/mol. The summed E-state index contributed by atoms with van der Waals surface area (Å²) in [5.74, 6) is -0.120. The Hall–Kier alpha value is -2.61. The molecule has 0 N–H and O–H groups in total. The molecule has 4 nitrogen and oxygen atoms in total. The van der Waals surface area contributed by atoms with Crippen LogP contribution in [0.2, 0.25) is 0 Å². The molecule has 3 aromatic rings. The molecule has 0 bridgehead atoms. The van der Waals surface area contributed by atoms with E-state index in [-0.39, 0.29) is 11.6 Å². The Bertz CT molecular complexity index is 963. The molecule has 1 aromatic carbocycles. The summed E-state index contributed by atoms with van der Waals surface area (Å²) < 4.78 is 39.9. The molecule has 3 rings (SSSR count). The van der Waals surface area contributed by atoms with Crippen LogP contribution in [0, 0.1) is 0 Å². The fourth-order valence-electron chi connectivity index (χ4n) is 3.00. The molecule has 0 saturated carbocycles. The number of rotatable bonds is 7. The van der Waals surface area contributed by atoms with E-state index in [2.05, 4.69) is 12.0 Å². The minimum atomic E-state index is -4.47. The second-order valence-electron chi connectivity index (χ2n) is 6.77. The number of unbranched alkanes of at least 4 members (excludes halogenated alkanes) is 1. The van der Waals surface area contributed by atoms with Crippen LogP contribution in [0.25, 0.3) is 10.6 Å². The number of aromatic nitrogens is 2. The second-order valence-corrected chi connectivity index (χ2v) is 7.85. The topological polar surface area (TPSA) is 38.1 Å². The molecule has 0 saturated heterocycles. The van der Waals surface area contributed by atoms with E-state index in [9.17, 15) is 18.0 Å². The highest BCUT2D eigenvalue weighted by Crippen LogP contribution is 2.34. The van der Waals surface area contributed by atoms with Crippen LogP contribution in [-0.2, 0) is 19.8 Å². The molecule has 2 heterocycles. The molecule has 29 heavy (non-hydrogen) atoms. The summed E-state index contributed by atoms with van der Waals surface area (Å²) in [6, 6.07) is 14.1. The number of carbonyl (C=O) groups excluding carboxylic acids is 1. The number of hydrogen-bond acceptors (Lipinski definition) is 3. The van der Waals surface area contributed by atoms with Gasteiger partial charge in [0.15, 0.2) is 0 Å². The quantitative estimate of drug-likeness (QED) is 0.497. The lowest BCUT2D eigenvalue weighted by Gasteiger charge is -2.22. The summed E-state index contributed by atoms with van der Waals surface area (Å²) in [6.07, 6.45) is -2.63. The lowest BCUT2D eigenvalue weighted by atomic mass is 10.2. The molecule has 0 fully saturated rings. The largest absolute Gasteiger partial charge is 0.433 e. The Labute approximate surface area is 171 Å². The first-order valence-corrected chi connectivity index (χ1v) is 10.2. The summed E-state index contributed by atoms with van der Waals surface area (Å²) in [5.41, 5.74) is 0.433. The van der Waals surface area contributed by atoms with E-state index in [0.29, 0.717) is 22.8 Å². The molecule has 0 aliphatic rings. The first kappa shape index (κ1) is 21.1. The van der Waals surface area contributed by atoms with Crippen molar-refractivity contribution in [3.8, 4) is 10.6 Å². The monoisotopic (exact) mass is 421 g/mol. The number of benzene rings is 1. The van der Waals surface area contributed by atoms with Crippen LogP contribution in [0.1, 0.15) is 40.7 Å². The van der Waals surface area contributed by atoms with Crippen molar-refractivity contribution in [2.75, 3.05) is 6.54 Å². The lowest BCUT2D eigenvalue weighted by molar-refractivity contribution is -0.143. The lowest BCUT2D eigenvalue weighted by Crippen LogP contribution is -2.30. The average Bonchev–Trinajstić information content (AvgIpc) is 3.32. The summed E-state index contributed by atoms with van der Waals surface area (Å²) in [7, 11) is 1.26. The van der Waals surface area contributed by atoms with E-state index < -0.39 is 11.9 Å². The fraction of sp³-hybridized carbons (Fsp3) is 0.333. The summed E-state index contributed by atoms with van der Waals surface area (Å²) >= 11 is 1.16. The predicted molar refractivity (Wildman–Crippen MR) is 108 cm³/mol. The number of aryl methyl sites for hydroxylation is 1. The first-order chi connectivity index (χ1) is 13.8. The number of hydrogen-bond donors (Lipinski definition) is 0. The number of amides is 1. The van der Waals surface area contributed by atoms with Crippen LogP contribution in [0.15, 0.2) is 48.5 Å². The predicted octanol–water partition coefficient (Wildman–Crippen LogP) is 5.61. The Kier molecular flexibility index (Phi) is 6.42. The molecule has 0 aliphatic heterocycles. The maximum Gasteiger partial charge on any atom is 0.433 e. The average molecular weight is 421 g/mol. The third kappa shape index (κ3) is 5.06. The Morgan fingerprint density at radius 3 is 2.52 bits per heavy atom. The zero-order valence-corrected chi connectivity index (χ0v) is 17.1. The fourth-order valence-corrected chi connectivity index (χ4v) is 3.93. The normalized spacial score (nSPS) is 11.6. The van der Waals surface area contributed by atoms with Gasteiger partial charge in [-0.2, -0.15) is 18.3 Å². The number of halogens is 3. The first-order valence-electron chi connectivity index (χ1n) is 9.34. The van der Waals surface area contributed by atoms with E-state index >= 15 is 0 Å². The van der Waals surface area contributed by atoms with Crippen molar-refractivity contribution in [1.29, 1.82) is 0 Å². The number of thiophene rings is 1. The van der Waals surface area contributed by atoms with Gasteiger partial charge < -0.3 is 4.90 Å². The van der Waals surface area contributed by atoms with Gasteiger partial charge in [-0.1, -0.05) is 43.7 Å². The summed E-state index contributed by atoms with van der Waals surface area (Å²) in [6.45, 7) is 3.18. The van der Waals surface area contributed by atoms with Crippen LogP contribution in [0.5, 0.6) is 0 Å². The minimum absolute atomic E-state index is 0.120. The van der Waals surface area contributed by atoms with Crippen LogP contribution >= 0.6 is 11.3 Å². The van der Waals surface area contributed by atoms with Gasteiger partial charge in [0.1, 0.15) is 11.4 Å². The van der Waals surface area contributed by atoms with Crippen molar-refractivity contribution in [2.45, 2.75) is 32.5 Å². The van der Waals surface area contributed by atoms with Crippen molar-refractivity contribution in [3.63, 3.8) is 0 Å². The molecule has 1 amide bonds. The van der Waals surface area contributed by atoms with Gasteiger partial charge in [0.2, 0.25) is 0 Å². The van der Waals surface area contributed by atoms with Crippen LogP contribution < -0.4 is 0 Å². The Morgan fingerprint density at radius 1 is 1.17 bits per heavy atom. The highest BCUT2D eigenvalue weighted by atomic mass is 32.1. The van der Waals surface area contributed by atoms with E-state index in [1.54, 1.807) is 17.0 Å². The molecule has 0 spiro atoms. The minimum Gasteiger partial charge on any atom is -0.334 e. The standard InChI is InChI=1S/C21H22F3N3OS/c1-3-4-12-27(14-15-8-6-5-7-9-15)20(28)18-11-10-17(29-18)16-13-19(21(22,23)24)26(2)25-16/h5-11,13H,3-4,12,14H2,1-2H3. The van der Waals surface area contributed by atoms with E-state index in [1.807, 2.05) is 30.3 Å². The molecule has 154 valence electrons. The number of alkyl halides is 3. The molecule has 0 unspecified atom stereocenters. The van der Waals surface area contributed by atoms with Gasteiger partial charge in [-0.15, -0.1) is 11.3 Å². The maximum absolute atomic E-state index is 13.1. The van der Waals surface area contributed by atoms with E-state index in [4.69, 9.17) is 0 Å². The molecule has 2 aromatic heterocycles. The van der Waals surface area contributed by atoms with Crippen LogP contribution in [0.4, 0.5) is 13.2 Å².